The Labute approximate surface area is 172 Å². The van der Waals surface area contributed by atoms with Crippen LogP contribution in [0.25, 0.3) is 34.0 Å². The predicted molar refractivity (Wildman–Crippen MR) is 109 cm³/mol. The van der Waals surface area contributed by atoms with E-state index in [4.69, 9.17) is 10.00 Å². The van der Waals surface area contributed by atoms with Gasteiger partial charge in [-0.25, -0.2) is 9.37 Å². The highest BCUT2D eigenvalue weighted by atomic mass is 19.1. The summed E-state index contributed by atoms with van der Waals surface area (Å²) in [7, 11) is 1.39. The van der Waals surface area contributed by atoms with Gasteiger partial charge in [0.15, 0.2) is 17.4 Å². The largest absolute Gasteiger partial charge is 0.494 e. The Balaban J connectivity index is 1.95. The number of nitrogens with zero attached hydrogens (tertiary/aromatic N) is 4. The van der Waals surface area contributed by atoms with E-state index >= 15 is 0 Å². The summed E-state index contributed by atoms with van der Waals surface area (Å²) >= 11 is 0. The Hall–Kier alpha value is -4.18. The molecule has 30 heavy (non-hydrogen) atoms. The summed E-state index contributed by atoms with van der Waals surface area (Å²) in [6.07, 6.45) is 0. The molecule has 0 aliphatic heterocycles. The lowest BCUT2D eigenvalue weighted by Gasteiger charge is -2.08. The summed E-state index contributed by atoms with van der Waals surface area (Å²) in [5.41, 5.74) is 3.53. The molecule has 0 aliphatic carbocycles. The van der Waals surface area contributed by atoms with Crippen LogP contribution in [0, 0.1) is 24.1 Å². The van der Waals surface area contributed by atoms with Gasteiger partial charge in [0.2, 0.25) is 0 Å². The Morgan fingerprint density at radius 3 is 2.40 bits per heavy atom. The number of rotatable bonds is 4. The first-order valence-electron chi connectivity index (χ1n) is 9.12. The number of pyridine rings is 1. The molecule has 2 aromatic heterocycles. The molecule has 0 atom stereocenters. The Bertz CT molecular complexity index is 1270. The maximum Gasteiger partial charge on any atom is 0.176 e. The maximum atomic E-state index is 14.4. The number of imidazole rings is 1. The minimum atomic E-state index is -0.537. The zero-order valence-corrected chi connectivity index (χ0v) is 16.3. The van der Waals surface area contributed by atoms with Crippen LogP contribution in [0.4, 0.5) is 4.39 Å². The standard InChI is InChI=1S/C23H17FN4O2/c1-14-4-3-5-19(26-14)22-21(17-10-11-20(30-2)18(24)12-17)27-23(28(22)29)16-8-6-15(13-25)7-9-16/h3-12,29H,1-2H3. The van der Waals surface area contributed by atoms with Gasteiger partial charge in [0, 0.05) is 16.8 Å². The van der Waals surface area contributed by atoms with E-state index in [1.165, 1.54) is 19.2 Å². The first-order chi connectivity index (χ1) is 14.5. The predicted octanol–water partition coefficient (Wildman–Crippen LogP) is 4.84. The number of benzene rings is 2. The molecule has 7 heteroatoms. The van der Waals surface area contributed by atoms with Crippen molar-refractivity contribution in [3.05, 3.63) is 77.7 Å². The highest BCUT2D eigenvalue weighted by molar-refractivity contribution is 5.80. The Morgan fingerprint density at radius 2 is 1.77 bits per heavy atom. The van der Waals surface area contributed by atoms with Crippen molar-refractivity contribution in [1.29, 1.82) is 5.26 Å². The van der Waals surface area contributed by atoms with Crippen LogP contribution in [0.2, 0.25) is 0 Å². The number of hydrogen-bond donors (Lipinski definition) is 1. The number of aryl methyl sites for hydroxylation is 1. The number of nitriles is 1. The molecule has 0 spiro atoms. The zero-order valence-electron chi connectivity index (χ0n) is 16.3. The quantitative estimate of drug-likeness (QED) is 0.495. The third-order valence-corrected chi connectivity index (χ3v) is 4.68. The van der Waals surface area contributed by atoms with Gasteiger partial charge in [-0.15, -0.1) is 0 Å². The lowest BCUT2D eigenvalue weighted by Crippen LogP contribution is -1.99. The molecule has 0 aliphatic rings. The third-order valence-electron chi connectivity index (χ3n) is 4.68. The second-order valence-electron chi connectivity index (χ2n) is 6.65. The van der Waals surface area contributed by atoms with Crippen LogP contribution in [0.1, 0.15) is 11.3 Å². The maximum absolute atomic E-state index is 14.4. The SMILES string of the molecule is COc1ccc(-c2nc(-c3ccc(C#N)cc3)n(O)c2-c2cccc(C)n2)cc1F. The van der Waals surface area contributed by atoms with Gasteiger partial charge in [-0.3, -0.25) is 4.98 Å². The number of methoxy groups -OCH3 is 1. The molecule has 0 unspecified atom stereocenters. The molecule has 1 N–H and O–H groups in total. The number of halogens is 1. The number of aromatic nitrogens is 3. The van der Waals surface area contributed by atoms with E-state index in [0.29, 0.717) is 33.8 Å². The lowest BCUT2D eigenvalue weighted by molar-refractivity contribution is 0.195. The van der Waals surface area contributed by atoms with Crippen LogP contribution in [-0.2, 0) is 0 Å². The van der Waals surface area contributed by atoms with Gasteiger partial charge in [-0.05, 0) is 61.5 Å². The molecule has 0 saturated carbocycles. The summed E-state index contributed by atoms with van der Waals surface area (Å²) in [6, 6.07) is 18.6. The van der Waals surface area contributed by atoms with Gasteiger partial charge in [0.1, 0.15) is 11.4 Å². The van der Waals surface area contributed by atoms with Crippen molar-refractivity contribution < 1.29 is 14.3 Å². The normalized spacial score (nSPS) is 10.6. The van der Waals surface area contributed by atoms with Gasteiger partial charge < -0.3 is 9.94 Å². The molecule has 2 heterocycles. The summed E-state index contributed by atoms with van der Waals surface area (Å²) in [6.45, 7) is 1.84. The number of hydrogen-bond acceptors (Lipinski definition) is 5. The molecule has 0 saturated heterocycles. The Kier molecular flexibility index (Phi) is 4.90. The fourth-order valence-corrected chi connectivity index (χ4v) is 3.21. The highest BCUT2D eigenvalue weighted by Gasteiger charge is 2.23. The first-order valence-corrected chi connectivity index (χ1v) is 9.12. The minimum Gasteiger partial charge on any atom is -0.494 e. The summed E-state index contributed by atoms with van der Waals surface area (Å²) in [4.78, 5) is 9.09. The molecule has 0 bridgehead atoms. The van der Waals surface area contributed by atoms with Crippen molar-refractivity contribution in [2.45, 2.75) is 6.92 Å². The van der Waals surface area contributed by atoms with Gasteiger partial charge in [-0.2, -0.15) is 9.99 Å². The monoisotopic (exact) mass is 400 g/mol. The van der Waals surface area contributed by atoms with E-state index < -0.39 is 5.82 Å². The van der Waals surface area contributed by atoms with E-state index in [2.05, 4.69) is 16.0 Å². The average molecular weight is 400 g/mol. The van der Waals surface area contributed by atoms with Gasteiger partial charge in [0.05, 0.1) is 24.4 Å². The molecule has 0 radical (unpaired) electrons. The molecule has 0 amide bonds. The van der Waals surface area contributed by atoms with Crippen molar-refractivity contribution in [1.82, 2.24) is 14.7 Å². The van der Waals surface area contributed by atoms with Crippen molar-refractivity contribution in [2.24, 2.45) is 0 Å². The summed E-state index contributed by atoms with van der Waals surface area (Å²) < 4.78 is 20.3. The third kappa shape index (κ3) is 3.35. The van der Waals surface area contributed by atoms with Crippen molar-refractivity contribution in [3.8, 4) is 45.9 Å². The summed E-state index contributed by atoms with van der Waals surface area (Å²) in [5, 5.41) is 20.0. The molecular formula is C23H17FN4O2. The molecule has 0 fully saturated rings. The lowest BCUT2D eigenvalue weighted by atomic mass is 10.1. The van der Waals surface area contributed by atoms with Gasteiger partial charge >= 0.3 is 0 Å². The topological polar surface area (TPSA) is 84.0 Å². The van der Waals surface area contributed by atoms with E-state index in [1.807, 2.05) is 19.1 Å². The molecule has 4 rings (SSSR count). The van der Waals surface area contributed by atoms with E-state index in [-0.39, 0.29) is 11.6 Å². The fourth-order valence-electron chi connectivity index (χ4n) is 3.21. The van der Waals surface area contributed by atoms with Gasteiger partial charge in [-0.1, -0.05) is 6.07 Å². The van der Waals surface area contributed by atoms with Gasteiger partial charge in [0.25, 0.3) is 0 Å². The van der Waals surface area contributed by atoms with Crippen LogP contribution >= 0.6 is 0 Å². The minimum absolute atomic E-state index is 0.115. The molecule has 2 aromatic carbocycles. The Morgan fingerprint density at radius 1 is 1.03 bits per heavy atom. The van der Waals surface area contributed by atoms with Crippen molar-refractivity contribution in [2.75, 3.05) is 7.11 Å². The van der Waals surface area contributed by atoms with Crippen LogP contribution in [0.5, 0.6) is 5.75 Å². The zero-order chi connectivity index (χ0) is 21.3. The second-order valence-corrected chi connectivity index (χ2v) is 6.65. The fraction of sp³-hybridized carbons (Fsp3) is 0.0870. The molecule has 148 valence electrons. The van der Waals surface area contributed by atoms with Crippen molar-refractivity contribution >= 4 is 0 Å². The van der Waals surface area contributed by atoms with Crippen LogP contribution in [0.15, 0.2) is 60.7 Å². The average Bonchev–Trinajstić information content (AvgIpc) is 3.11. The molecule has 6 nitrogen and oxygen atoms in total. The first kappa shape index (κ1) is 19.2. The van der Waals surface area contributed by atoms with Crippen molar-refractivity contribution in [3.63, 3.8) is 0 Å². The summed E-state index contributed by atoms with van der Waals surface area (Å²) in [5.74, 6) is -0.167. The van der Waals surface area contributed by atoms with Crippen LogP contribution in [-0.4, -0.2) is 27.0 Å². The van der Waals surface area contributed by atoms with Crippen LogP contribution < -0.4 is 4.74 Å². The van der Waals surface area contributed by atoms with E-state index in [9.17, 15) is 9.60 Å². The van der Waals surface area contributed by atoms with Crippen LogP contribution in [0.3, 0.4) is 0 Å². The molecular weight excluding hydrogens is 383 g/mol. The van der Waals surface area contributed by atoms with E-state index in [0.717, 1.165) is 10.4 Å². The highest BCUT2D eigenvalue weighted by Crippen LogP contribution is 2.36. The molecule has 4 aromatic rings. The smallest absolute Gasteiger partial charge is 0.176 e. The van der Waals surface area contributed by atoms with E-state index in [1.54, 1.807) is 36.4 Å². The number of ether oxygens (including phenoxy) is 1. The second kappa shape index (κ2) is 7.68.